The molecule has 2 heteroatoms. The van der Waals surface area contributed by atoms with Crippen molar-refractivity contribution < 1.29 is 9.53 Å². The molecule has 2 bridgehead atoms. The number of hydrogen-bond acceptors (Lipinski definition) is 2. The van der Waals surface area contributed by atoms with Crippen LogP contribution < -0.4 is 0 Å². The lowest BCUT2D eigenvalue weighted by Crippen LogP contribution is -2.52. The minimum absolute atomic E-state index is 0.0603. The Morgan fingerprint density at radius 3 is 2.25 bits per heavy atom. The lowest BCUT2D eigenvalue weighted by Gasteiger charge is -2.49. The maximum Gasteiger partial charge on any atom is 0.312 e. The summed E-state index contributed by atoms with van der Waals surface area (Å²) in [5, 5.41) is 0. The van der Waals surface area contributed by atoms with Crippen LogP contribution in [0.25, 0.3) is 0 Å². The Morgan fingerprint density at radius 2 is 1.71 bits per heavy atom. The molecule has 1 spiro atoms. The minimum Gasteiger partial charge on any atom is -0.458 e. The van der Waals surface area contributed by atoms with Gasteiger partial charge in [0.25, 0.3) is 0 Å². The summed E-state index contributed by atoms with van der Waals surface area (Å²) in [5.41, 5.74) is 0.218. The molecule has 3 rings (SSSR count). The first-order valence-electron chi connectivity index (χ1n) is 10.2. The van der Waals surface area contributed by atoms with Gasteiger partial charge in [0.15, 0.2) is 0 Å². The molecule has 3 fully saturated rings. The molecule has 0 aromatic rings. The van der Waals surface area contributed by atoms with E-state index in [0.717, 1.165) is 25.2 Å². The van der Waals surface area contributed by atoms with Gasteiger partial charge in [-0.1, -0.05) is 41.5 Å². The highest BCUT2D eigenvalue weighted by atomic mass is 16.6. The number of carbonyl (C=O) groups is 1. The highest BCUT2D eigenvalue weighted by Crippen LogP contribution is 2.74. The average Bonchev–Trinajstić information content (AvgIpc) is 3.02. The van der Waals surface area contributed by atoms with E-state index in [4.69, 9.17) is 4.74 Å². The van der Waals surface area contributed by atoms with Crippen LogP contribution in [0.3, 0.4) is 0 Å². The van der Waals surface area contributed by atoms with Gasteiger partial charge in [0, 0.05) is 0 Å². The summed E-state index contributed by atoms with van der Waals surface area (Å²) in [4.78, 5) is 13.3. The number of ether oxygens (including phenoxy) is 1. The molecular weight excluding hydrogens is 296 g/mol. The first kappa shape index (κ1) is 18.3. The highest BCUT2D eigenvalue weighted by Gasteiger charge is 2.69. The van der Waals surface area contributed by atoms with Gasteiger partial charge in [-0.2, -0.15) is 0 Å². The van der Waals surface area contributed by atoms with Crippen molar-refractivity contribution in [3.63, 3.8) is 0 Å². The Bertz CT molecular complexity index is 519. The lowest BCUT2D eigenvalue weighted by atomic mass is 9.64. The second-order valence-corrected chi connectivity index (χ2v) is 10.9. The first-order valence-corrected chi connectivity index (χ1v) is 10.2. The summed E-state index contributed by atoms with van der Waals surface area (Å²) < 4.78 is 6.50. The van der Waals surface area contributed by atoms with Crippen LogP contribution in [0.4, 0.5) is 0 Å². The molecule has 0 aliphatic heterocycles. The van der Waals surface area contributed by atoms with Gasteiger partial charge in [0.2, 0.25) is 0 Å². The molecule has 138 valence electrons. The van der Waals surface area contributed by atoms with Gasteiger partial charge in [-0.25, -0.2) is 0 Å². The molecular formula is C22H38O2. The Morgan fingerprint density at radius 1 is 1.08 bits per heavy atom. The monoisotopic (exact) mass is 334 g/mol. The Balaban J connectivity index is 1.80. The zero-order chi connectivity index (χ0) is 18.0. The first-order chi connectivity index (χ1) is 11.0. The van der Waals surface area contributed by atoms with E-state index >= 15 is 0 Å². The summed E-state index contributed by atoms with van der Waals surface area (Å²) in [6.45, 7) is 15.5. The van der Waals surface area contributed by atoms with Crippen LogP contribution in [0.15, 0.2) is 0 Å². The third-order valence-corrected chi connectivity index (χ3v) is 7.85. The molecule has 2 nitrogen and oxygen atoms in total. The van der Waals surface area contributed by atoms with Crippen LogP contribution in [0, 0.1) is 34.0 Å². The Kier molecular flexibility index (Phi) is 4.17. The second kappa shape index (κ2) is 5.48. The van der Waals surface area contributed by atoms with E-state index in [1.807, 2.05) is 0 Å². The molecule has 0 N–H and O–H groups in total. The molecule has 3 saturated carbocycles. The van der Waals surface area contributed by atoms with Crippen molar-refractivity contribution in [3.8, 4) is 0 Å². The summed E-state index contributed by atoms with van der Waals surface area (Å²) >= 11 is 0. The molecule has 6 unspecified atom stereocenters. The van der Waals surface area contributed by atoms with Crippen LogP contribution in [0.1, 0.15) is 93.4 Å². The van der Waals surface area contributed by atoms with Crippen LogP contribution in [-0.4, -0.2) is 11.6 Å². The summed E-state index contributed by atoms with van der Waals surface area (Å²) in [5.74, 6) is 2.10. The van der Waals surface area contributed by atoms with E-state index in [-0.39, 0.29) is 22.4 Å². The number of rotatable bonds is 5. The van der Waals surface area contributed by atoms with E-state index in [2.05, 4.69) is 48.5 Å². The Labute approximate surface area is 149 Å². The van der Waals surface area contributed by atoms with Crippen molar-refractivity contribution >= 4 is 5.97 Å². The topological polar surface area (TPSA) is 26.3 Å². The SMILES string of the molecule is CCC(C)(CC(C)(C)C)C(=O)OC1(CC)C(C)CC23CC2CC1C3. The summed E-state index contributed by atoms with van der Waals surface area (Å²) in [6, 6.07) is 0. The number of carbonyl (C=O) groups excluding carboxylic acids is 1. The predicted molar refractivity (Wildman–Crippen MR) is 98.6 cm³/mol. The van der Waals surface area contributed by atoms with Gasteiger partial charge in [0.05, 0.1) is 5.41 Å². The molecule has 0 amide bonds. The van der Waals surface area contributed by atoms with E-state index in [0.29, 0.717) is 17.3 Å². The van der Waals surface area contributed by atoms with Crippen molar-refractivity contribution in [1.82, 2.24) is 0 Å². The second-order valence-electron chi connectivity index (χ2n) is 10.9. The van der Waals surface area contributed by atoms with Gasteiger partial charge < -0.3 is 4.74 Å². The molecule has 0 aromatic heterocycles. The molecule has 0 saturated heterocycles. The van der Waals surface area contributed by atoms with Crippen molar-refractivity contribution in [2.45, 2.75) is 99.0 Å². The van der Waals surface area contributed by atoms with Crippen LogP contribution in [0.2, 0.25) is 0 Å². The maximum absolute atomic E-state index is 13.3. The van der Waals surface area contributed by atoms with Crippen molar-refractivity contribution in [2.75, 3.05) is 0 Å². The normalized spacial score (nSPS) is 43.0. The van der Waals surface area contributed by atoms with Crippen LogP contribution in [0.5, 0.6) is 0 Å². The molecule has 6 atom stereocenters. The van der Waals surface area contributed by atoms with E-state index in [9.17, 15) is 4.79 Å². The molecule has 24 heavy (non-hydrogen) atoms. The van der Waals surface area contributed by atoms with Gasteiger partial charge in [-0.3, -0.25) is 4.79 Å². The fourth-order valence-electron chi connectivity index (χ4n) is 6.52. The third kappa shape index (κ3) is 2.72. The molecule has 3 aliphatic rings. The van der Waals surface area contributed by atoms with E-state index in [1.54, 1.807) is 0 Å². The molecule has 0 radical (unpaired) electrons. The number of hydrogen-bond donors (Lipinski definition) is 0. The highest BCUT2D eigenvalue weighted by molar-refractivity contribution is 5.77. The minimum atomic E-state index is -0.364. The third-order valence-electron chi connectivity index (χ3n) is 7.85. The molecule has 0 aromatic carbocycles. The Hall–Kier alpha value is -0.530. The van der Waals surface area contributed by atoms with Crippen molar-refractivity contribution in [3.05, 3.63) is 0 Å². The smallest absolute Gasteiger partial charge is 0.312 e. The fraction of sp³-hybridized carbons (Fsp3) is 0.955. The number of esters is 1. The lowest BCUT2D eigenvalue weighted by molar-refractivity contribution is -0.195. The van der Waals surface area contributed by atoms with E-state index < -0.39 is 0 Å². The summed E-state index contributed by atoms with van der Waals surface area (Å²) in [6.07, 6.45) is 8.05. The zero-order valence-corrected chi connectivity index (χ0v) is 17.0. The van der Waals surface area contributed by atoms with Gasteiger partial charge in [-0.05, 0) is 80.5 Å². The predicted octanol–water partition coefficient (Wildman–Crippen LogP) is 5.99. The van der Waals surface area contributed by atoms with Crippen LogP contribution in [-0.2, 0) is 9.53 Å². The van der Waals surface area contributed by atoms with E-state index in [1.165, 1.54) is 25.7 Å². The quantitative estimate of drug-likeness (QED) is 0.577. The van der Waals surface area contributed by atoms with Crippen LogP contribution >= 0.6 is 0 Å². The van der Waals surface area contributed by atoms with Gasteiger partial charge in [-0.15, -0.1) is 0 Å². The van der Waals surface area contributed by atoms with Crippen molar-refractivity contribution in [1.29, 1.82) is 0 Å². The maximum atomic E-state index is 13.3. The van der Waals surface area contributed by atoms with Gasteiger partial charge in [0.1, 0.15) is 5.60 Å². The fourth-order valence-corrected chi connectivity index (χ4v) is 6.52. The zero-order valence-electron chi connectivity index (χ0n) is 17.0. The largest absolute Gasteiger partial charge is 0.458 e. The average molecular weight is 335 g/mol. The summed E-state index contributed by atoms with van der Waals surface area (Å²) in [7, 11) is 0. The van der Waals surface area contributed by atoms with Gasteiger partial charge >= 0.3 is 5.97 Å². The molecule has 3 aliphatic carbocycles. The van der Waals surface area contributed by atoms with Crippen molar-refractivity contribution in [2.24, 2.45) is 34.0 Å². The standard InChI is InChI=1S/C22H38O2/c1-8-20(7,14-19(4,5)6)18(23)24-22(9-2)15(3)11-21-12-16(21)10-17(22)13-21/h15-17H,8-14H2,1-7H3. The molecule has 0 heterocycles. The number of fused-ring (bicyclic) bond motifs is 1.